The molecule has 1 aliphatic heterocycles. The van der Waals surface area contributed by atoms with Crippen molar-refractivity contribution < 1.29 is 26.8 Å². The van der Waals surface area contributed by atoms with Crippen molar-refractivity contribution in [3.63, 3.8) is 0 Å². The molecule has 0 unspecified atom stereocenters. The molecule has 2 aromatic heterocycles. The summed E-state index contributed by atoms with van der Waals surface area (Å²) in [6, 6.07) is 7.15. The SMILES string of the molecule is O=C(Nc1ccc2[nH]c(=O)oc2c1)c1ccc(S(=O)(=O)N2CCOCC2)o1. The lowest BCUT2D eigenvalue weighted by molar-refractivity contribution is 0.0723. The van der Waals surface area contributed by atoms with E-state index in [0.29, 0.717) is 24.4 Å². The molecule has 0 radical (unpaired) electrons. The van der Waals surface area contributed by atoms with Crippen LogP contribution in [0.1, 0.15) is 10.6 Å². The lowest BCUT2D eigenvalue weighted by atomic mass is 10.3. The number of hydrogen-bond acceptors (Lipinski definition) is 7. The molecule has 27 heavy (non-hydrogen) atoms. The van der Waals surface area contributed by atoms with Crippen LogP contribution in [0.3, 0.4) is 0 Å². The molecule has 1 amide bonds. The van der Waals surface area contributed by atoms with Gasteiger partial charge in [0.15, 0.2) is 11.3 Å². The van der Waals surface area contributed by atoms with Crippen LogP contribution in [0.5, 0.6) is 0 Å². The second kappa shape index (κ2) is 6.68. The van der Waals surface area contributed by atoms with Crippen LogP contribution in [0.25, 0.3) is 11.1 Å². The number of carbonyl (C=O) groups is 1. The molecule has 0 atom stereocenters. The number of ether oxygens (including phenoxy) is 1. The third kappa shape index (κ3) is 3.39. The number of furan rings is 1. The topological polar surface area (TPSA) is 135 Å². The minimum Gasteiger partial charge on any atom is -0.438 e. The third-order valence-corrected chi connectivity index (χ3v) is 5.82. The first-order valence-electron chi connectivity index (χ1n) is 8.05. The van der Waals surface area contributed by atoms with Crippen molar-refractivity contribution in [1.82, 2.24) is 9.29 Å². The number of anilines is 1. The number of hydrogen-bond donors (Lipinski definition) is 2. The highest BCUT2D eigenvalue weighted by atomic mass is 32.2. The van der Waals surface area contributed by atoms with Crippen molar-refractivity contribution >= 4 is 32.7 Å². The predicted molar refractivity (Wildman–Crippen MR) is 93.1 cm³/mol. The number of nitrogens with zero attached hydrogens (tertiary/aromatic N) is 1. The molecule has 0 bridgehead atoms. The zero-order valence-corrected chi connectivity index (χ0v) is 14.7. The molecule has 10 nitrogen and oxygen atoms in total. The lowest BCUT2D eigenvalue weighted by Crippen LogP contribution is -2.40. The van der Waals surface area contributed by atoms with Gasteiger partial charge in [0.25, 0.3) is 15.9 Å². The molecule has 1 saturated heterocycles. The van der Waals surface area contributed by atoms with Crippen LogP contribution in [-0.2, 0) is 14.8 Å². The molecule has 1 aliphatic rings. The number of fused-ring (bicyclic) bond motifs is 1. The number of sulfonamides is 1. The van der Waals surface area contributed by atoms with E-state index in [1.54, 1.807) is 12.1 Å². The average Bonchev–Trinajstić information content (AvgIpc) is 3.28. The Kier molecular flexibility index (Phi) is 4.34. The Morgan fingerprint density at radius 1 is 1.11 bits per heavy atom. The van der Waals surface area contributed by atoms with Gasteiger partial charge in [0, 0.05) is 24.8 Å². The fraction of sp³-hybridized carbons (Fsp3) is 0.250. The summed E-state index contributed by atoms with van der Waals surface area (Å²) in [5.74, 6) is -1.38. The van der Waals surface area contributed by atoms with Gasteiger partial charge < -0.3 is 18.9 Å². The van der Waals surface area contributed by atoms with E-state index in [2.05, 4.69) is 10.3 Å². The average molecular weight is 393 g/mol. The number of aromatic amines is 1. The Bertz CT molecular complexity index is 1150. The highest BCUT2D eigenvalue weighted by molar-refractivity contribution is 7.89. The first-order valence-corrected chi connectivity index (χ1v) is 9.49. The fourth-order valence-corrected chi connectivity index (χ4v) is 4.03. The highest BCUT2D eigenvalue weighted by Crippen LogP contribution is 2.21. The first-order chi connectivity index (χ1) is 12.9. The van der Waals surface area contributed by atoms with Gasteiger partial charge in [-0.3, -0.25) is 9.78 Å². The van der Waals surface area contributed by atoms with Gasteiger partial charge in [-0.15, -0.1) is 0 Å². The quantitative estimate of drug-likeness (QED) is 0.675. The molecule has 3 aromatic rings. The van der Waals surface area contributed by atoms with Crippen LogP contribution >= 0.6 is 0 Å². The zero-order chi connectivity index (χ0) is 19.0. The first kappa shape index (κ1) is 17.5. The summed E-state index contributed by atoms with van der Waals surface area (Å²) in [6.45, 7) is 1.08. The second-order valence-corrected chi connectivity index (χ2v) is 7.68. The van der Waals surface area contributed by atoms with Crippen LogP contribution in [0.15, 0.2) is 49.1 Å². The number of oxazole rings is 1. The summed E-state index contributed by atoms with van der Waals surface area (Å²) in [4.78, 5) is 26.0. The Hall–Kier alpha value is -2.89. The minimum atomic E-state index is -3.82. The van der Waals surface area contributed by atoms with Crippen LogP contribution in [-0.4, -0.2) is 49.9 Å². The molecule has 1 fully saturated rings. The number of amides is 1. The van der Waals surface area contributed by atoms with Gasteiger partial charge in [0.05, 0.1) is 18.7 Å². The maximum absolute atomic E-state index is 12.5. The number of aromatic nitrogens is 1. The van der Waals surface area contributed by atoms with Crippen molar-refractivity contribution in [1.29, 1.82) is 0 Å². The number of morpholine rings is 1. The fourth-order valence-electron chi connectivity index (χ4n) is 2.71. The van der Waals surface area contributed by atoms with Gasteiger partial charge in [0.1, 0.15) is 0 Å². The number of H-pyrrole nitrogens is 1. The van der Waals surface area contributed by atoms with E-state index >= 15 is 0 Å². The van der Waals surface area contributed by atoms with Crippen molar-refractivity contribution in [2.24, 2.45) is 0 Å². The zero-order valence-electron chi connectivity index (χ0n) is 13.9. The van der Waals surface area contributed by atoms with Gasteiger partial charge in [-0.05, 0) is 24.3 Å². The van der Waals surface area contributed by atoms with Gasteiger partial charge >= 0.3 is 5.76 Å². The molecule has 11 heteroatoms. The van der Waals surface area contributed by atoms with Crippen molar-refractivity contribution in [3.05, 3.63) is 46.6 Å². The number of carbonyl (C=O) groups excluding carboxylic acids is 1. The molecular weight excluding hydrogens is 378 g/mol. The molecule has 3 heterocycles. The van der Waals surface area contributed by atoms with E-state index < -0.39 is 21.7 Å². The summed E-state index contributed by atoms with van der Waals surface area (Å²) in [7, 11) is -3.82. The van der Waals surface area contributed by atoms with Crippen LogP contribution in [0.2, 0.25) is 0 Å². The Labute approximate surface area is 152 Å². The summed E-state index contributed by atoms with van der Waals surface area (Å²) in [5.41, 5.74) is 1.15. The van der Waals surface area contributed by atoms with E-state index in [0.717, 1.165) is 0 Å². The molecule has 1 aromatic carbocycles. The molecule has 0 spiro atoms. The lowest BCUT2D eigenvalue weighted by Gasteiger charge is -2.24. The van der Waals surface area contributed by atoms with Crippen molar-refractivity contribution in [2.75, 3.05) is 31.6 Å². The van der Waals surface area contributed by atoms with E-state index in [9.17, 15) is 18.0 Å². The van der Waals surface area contributed by atoms with Gasteiger partial charge in [0.2, 0.25) is 5.09 Å². The summed E-state index contributed by atoms with van der Waals surface area (Å²) < 4.78 is 41.6. The number of benzene rings is 1. The Morgan fingerprint density at radius 2 is 1.89 bits per heavy atom. The number of nitrogens with one attached hydrogen (secondary N) is 2. The molecule has 0 saturated carbocycles. The molecule has 4 rings (SSSR count). The van der Waals surface area contributed by atoms with Gasteiger partial charge in [-0.25, -0.2) is 13.2 Å². The van der Waals surface area contributed by atoms with Crippen LogP contribution < -0.4 is 11.1 Å². The normalized spacial score (nSPS) is 15.9. The molecule has 2 N–H and O–H groups in total. The van der Waals surface area contributed by atoms with Crippen molar-refractivity contribution in [3.8, 4) is 0 Å². The molecule has 142 valence electrons. The van der Waals surface area contributed by atoms with E-state index in [-0.39, 0.29) is 29.5 Å². The van der Waals surface area contributed by atoms with Crippen LogP contribution in [0.4, 0.5) is 5.69 Å². The standard InChI is InChI=1S/C16H15N3O7S/c20-15(17-10-1-2-11-13(9-10)26-16(21)18-11)12-3-4-14(25-12)27(22,23)19-5-7-24-8-6-19/h1-4,9H,5-8H2,(H,17,20)(H,18,21). The van der Waals surface area contributed by atoms with E-state index in [1.807, 2.05) is 0 Å². The van der Waals surface area contributed by atoms with Gasteiger partial charge in [-0.1, -0.05) is 0 Å². The second-order valence-electron chi connectivity index (χ2n) is 5.81. The Morgan fingerprint density at radius 3 is 2.67 bits per heavy atom. The van der Waals surface area contributed by atoms with E-state index in [4.69, 9.17) is 13.6 Å². The Balaban J connectivity index is 1.53. The largest absolute Gasteiger partial charge is 0.438 e. The maximum atomic E-state index is 12.5. The minimum absolute atomic E-state index is 0.155. The maximum Gasteiger partial charge on any atom is 0.417 e. The summed E-state index contributed by atoms with van der Waals surface area (Å²) in [6.07, 6.45) is 0. The van der Waals surface area contributed by atoms with Crippen molar-refractivity contribution in [2.45, 2.75) is 5.09 Å². The smallest absolute Gasteiger partial charge is 0.417 e. The van der Waals surface area contributed by atoms with Gasteiger partial charge in [-0.2, -0.15) is 4.31 Å². The monoisotopic (exact) mass is 393 g/mol. The predicted octanol–water partition coefficient (Wildman–Crippen LogP) is 0.987. The third-order valence-electron chi connectivity index (χ3n) is 4.05. The summed E-state index contributed by atoms with van der Waals surface area (Å²) in [5, 5.41) is 2.26. The summed E-state index contributed by atoms with van der Waals surface area (Å²) >= 11 is 0. The molecular formula is C16H15N3O7S. The van der Waals surface area contributed by atoms with Crippen LogP contribution in [0, 0.1) is 0 Å². The number of rotatable bonds is 4. The van der Waals surface area contributed by atoms with E-state index in [1.165, 1.54) is 22.5 Å². The highest BCUT2D eigenvalue weighted by Gasteiger charge is 2.30. The molecule has 0 aliphatic carbocycles.